The van der Waals surface area contributed by atoms with E-state index in [2.05, 4.69) is 9.88 Å². The molecule has 3 rings (SSSR count). The topological polar surface area (TPSA) is 45.7 Å². The monoisotopic (exact) mass is 343 g/mol. The zero-order chi connectivity index (χ0) is 17.8. The van der Waals surface area contributed by atoms with Crippen molar-refractivity contribution in [3.05, 3.63) is 59.5 Å². The van der Waals surface area contributed by atoms with Crippen molar-refractivity contribution >= 4 is 11.7 Å². The fraction of sp³-hybridized carbons (Fsp3) is 0.368. The number of nitrogens with zero attached hydrogens (tertiary/aromatic N) is 3. The van der Waals surface area contributed by atoms with E-state index in [1.54, 1.807) is 36.3 Å². The zero-order valence-corrected chi connectivity index (χ0v) is 14.5. The van der Waals surface area contributed by atoms with Gasteiger partial charge in [0, 0.05) is 32.9 Å². The highest BCUT2D eigenvalue weighted by atomic mass is 19.1. The summed E-state index contributed by atoms with van der Waals surface area (Å²) in [6.07, 6.45) is 1.50. The summed E-state index contributed by atoms with van der Waals surface area (Å²) in [6, 6.07) is 10.1. The van der Waals surface area contributed by atoms with Gasteiger partial charge in [0.05, 0.1) is 12.2 Å². The maximum absolute atomic E-state index is 13.1. The van der Waals surface area contributed by atoms with Gasteiger partial charge < -0.3 is 14.5 Å². The Morgan fingerprint density at radius 3 is 2.72 bits per heavy atom. The molecule has 25 heavy (non-hydrogen) atoms. The van der Waals surface area contributed by atoms with E-state index in [-0.39, 0.29) is 17.8 Å². The molecular formula is C19H22FN3O2. The number of hydrogen-bond acceptors (Lipinski definition) is 4. The van der Waals surface area contributed by atoms with Gasteiger partial charge in [0.2, 0.25) is 0 Å². The third-order valence-electron chi connectivity index (χ3n) is 4.45. The van der Waals surface area contributed by atoms with Crippen LogP contribution in [0.2, 0.25) is 0 Å². The molecule has 0 saturated carbocycles. The number of rotatable bonds is 4. The van der Waals surface area contributed by atoms with Crippen LogP contribution in [0.1, 0.15) is 28.9 Å². The van der Waals surface area contributed by atoms with E-state index in [9.17, 15) is 9.18 Å². The number of pyridine rings is 1. The Bertz CT molecular complexity index is 718. The van der Waals surface area contributed by atoms with Crippen LogP contribution in [0, 0.1) is 5.82 Å². The number of hydrogen-bond donors (Lipinski definition) is 0. The SMILES string of the molecule is CCN(C)C(=O)c1ccc(N2CCOC(c3ccc(F)cc3)C2)nc1. The van der Waals surface area contributed by atoms with Crippen molar-refractivity contribution < 1.29 is 13.9 Å². The molecule has 1 fully saturated rings. The van der Waals surface area contributed by atoms with E-state index in [4.69, 9.17) is 4.74 Å². The molecule has 1 aromatic heterocycles. The summed E-state index contributed by atoms with van der Waals surface area (Å²) in [6.45, 7) is 4.53. The van der Waals surface area contributed by atoms with Crippen molar-refractivity contribution in [2.24, 2.45) is 0 Å². The number of morpholine rings is 1. The third kappa shape index (κ3) is 3.96. The van der Waals surface area contributed by atoms with Crippen LogP contribution in [0.15, 0.2) is 42.6 Å². The number of amides is 1. The van der Waals surface area contributed by atoms with Crippen molar-refractivity contribution in [3.63, 3.8) is 0 Å². The fourth-order valence-electron chi connectivity index (χ4n) is 2.80. The first kappa shape index (κ1) is 17.4. The second-order valence-electron chi connectivity index (χ2n) is 6.08. The Morgan fingerprint density at radius 2 is 2.08 bits per heavy atom. The first-order valence-corrected chi connectivity index (χ1v) is 8.42. The van der Waals surface area contributed by atoms with Gasteiger partial charge in [-0.3, -0.25) is 4.79 Å². The molecule has 0 radical (unpaired) electrons. The molecule has 0 spiro atoms. The summed E-state index contributed by atoms with van der Waals surface area (Å²) in [5.41, 5.74) is 1.53. The number of carbonyl (C=O) groups is 1. The van der Waals surface area contributed by atoms with Gasteiger partial charge in [-0.25, -0.2) is 9.37 Å². The molecular weight excluding hydrogens is 321 g/mol. The lowest BCUT2D eigenvalue weighted by Gasteiger charge is -2.34. The molecule has 1 amide bonds. The second kappa shape index (κ2) is 7.61. The minimum absolute atomic E-state index is 0.0345. The van der Waals surface area contributed by atoms with Crippen LogP contribution < -0.4 is 4.90 Å². The van der Waals surface area contributed by atoms with E-state index >= 15 is 0 Å². The number of carbonyl (C=O) groups excluding carboxylic acids is 1. The van der Waals surface area contributed by atoms with Crippen molar-refractivity contribution in [1.29, 1.82) is 0 Å². The van der Waals surface area contributed by atoms with E-state index in [1.807, 2.05) is 13.0 Å². The van der Waals surface area contributed by atoms with Crippen molar-refractivity contribution in [2.75, 3.05) is 38.2 Å². The number of aromatic nitrogens is 1. The van der Waals surface area contributed by atoms with Crippen LogP contribution in [-0.4, -0.2) is 49.1 Å². The lowest BCUT2D eigenvalue weighted by molar-refractivity contribution is 0.0395. The summed E-state index contributed by atoms with van der Waals surface area (Å²) >= 11 is 0. The minimum atomic E-state index is -0.254. The summed E-state index contributed by atoms with van der Waals surface area (Å²) in [5.74, 6) is 0.522. The summed E-state index contributed by atoms with van der Waals surface area (Å²) in [7, 11) is 1.77. The Hall–Kier alpha value is -2.47. The van der Waals surface area contributed by atoms with E-state index in [0.717, 1.165) is 17.9 Å². The Balaban J connectivity index is 1.71. The molecule has 0 N–H and O–H groups in total. The van der Waals surface area contributed by atoms with E-state index in [1.165, 1.54) is 12.1 Å². The van der Waals surface area contributed by atoms with Crippen LogP contribution in [0.5, 0.6) is 0 Å². The predicted molar refractivity (Wildman–Crippen MR) is 94.2 cm³/mol. The van der Waals surface area contributed by atoms with Crippen LogP contribution in [0.4, 0.5) is 10.2 Å². The second-order valence-corrected chi connectivity index (χ2v) is 6.08. The predicted octanol–water partition coefficient (Wildman–Crippen LogP) is 2.89. The summed E-state index contributed by atoms with van der Waals surface area (Å²) < 4.78 is 18.9. The Kier molecular flexibility index (Phi) is 5.28. The molecule has 2 heterocycles. The van der Waals surface area contributed by atoms with Crippen molar-refractivity contribution in [2.45, 2.75) is 13.0 Å². The van der Waals surface area contributed by atoms with Crippen molar-refractivity contribution in [3.8, 4) is 0 Å². The van der Waals surface area contributed by atoms with Gasteiger partial charge in [0.15, 0.2) is 0 Å². The average Bonchev–Trinajstić information content (AvgIpc) is 2.67. The van der Waals surface area contributed by atoms with E-state index < -0.39 is 0 Å². The molecule has 1 aromatic carbocycles. The maximum Gasteiger partial charge on any atom is 0.255 e. The highest BCUT2D eigenvalue weighted by Crippen LogP contribution is 2.25. The fourth-order valence-corrected chi connectivity index (χ4v) is 2.80. The van der Waals surface area contributed by atoms with Gasteiger partial charge in [-0.1, -0.05) is 12.1 Å². The molecule has 2 aromatic rings. The van der Waals surface area contributed by atoms with Crippen LogP contribution >= 0.6 is 0 Å². The van der Waals surface area contributed by atoms with Gasteiger partial charge in [-0.2, -0.15) is 0 Å². The van der Waals surface area contributed by atoms with Gasteiger partial charge in [0.1, 0.15) is 17.7 Å². The quantitative estimate of drug-likeness (QED) is 0.856. The molecule has 6 heteroatoms. The van der Waals surface area contributed by atoms with Gasteiger partial charge in [-0.15, -0.1) is 0 Å². The first-order valence-electron chi connectivity index (χ1n) is 8.42. The van der Waals surface area contributed by atoms with Crippen LogP contribution in [-0.2, 0) is 4.74 Å². The van der Waals surface area contributed by atoms with Gasteiger partial charge >= 0.3 is 0 Å². The highest BCUT2D eigenvalue weighted by molar-refractivity contribution is 5.93. The van der Waals surface area contributed by atoms with Crippen molar-refractivity contribution in [1.82, 2.24) is 9.88 Å². The zero-order valence-electron chi connectivity index (χ0n) is 14.5. The molecule has 0 bridgehead atoms. The number of benzene rings is 1. The lowest BCUT2D eigenvalue weighted by Crippen LogP contribution is -2.38. The molecule has 1 aliphatic heterocycles. The number of ether oxygens (including phenoxy) is 1. The largest absolute Gasteiger partial charge is 0.370 e. The van der Waals surface area contributed by atoms with E-state index in [0.29, 0.717) is 25.3 Å². The normalized spacial score (nSPS) is 17.4. The molecule has 132 valence electrons. The molecule has 1 saturated heterocycles. The molecule has 1 atom stereocenters. The first-order chi connectivity index (χ1) is 12.1. The summed E-state index contributed by atoms with van der Waals surface area (Å²) in [5, 5.41) is 0. The number of halogens is 1. The summed E-state index contributed by atoms with van der Waals surface area (Å²) in [4.78, 5) is 20.4. The smallest absolute Gasteiger partial charge is 0.255 e. The third-order valence-corrected chi connectivity index (χ3v) is 4.45. The highest BCUT2D eigenvalue weighted by Gasteiger charge is 2.23. The number of anilines is 1. The molecule has 1 aliphatic rings. The Labute approximate surface area is 147 Å². The molecule has 0 aliphatic carbocycles. The molecule has 1 unspecified atom stereocenters. The minimum Gasteiger partial charge on any atom is -0.370 e. The maximum atomic E-state index is 13.1. The Morgan fingerprint density at radius 1 is 1.32 bits per heavy atom. The lowest BCUT2D eigenvalue weighted by atomic mass is 10.1. The van der Waals surface area contributed by atoms with Gasteiger partial charge in [-0.05, 0) is 36.8 Å². The standard InChI is InChI=1S/C19H22FN3O2/c1-3-22(2)19(24)15-6-9-18(21-12-15)23-10-11-25-17(13-23)14-4-7-16(20)8-5-14/h4-9,12,17H,3,10-11,13H2,1-2H3. The molecule has 5 nitrogen and oxygen atoms in total. The van der Waals surface area contributed by atoms with Crippen LogP contribution in [0.3, 0.4) is 0 Å². The van der Waals surface area contributed by atoms with Crippen LogP contribution in [0.25, 0.3) is 0 Å². The average molecular weight is 343 g/mol. The van der Waals surface area contributed by atoms with Gasteiger partial charge in [0.25, 0.3) is 5.91 Å².